The number of pyridine rings is 1. The van der Waals surface area contributed by atoms with Gasteiger partial charge in [-0.05, 0) is 24.7 Å². The molecular weight excluding hydrogens is 216 g/mol. The first-order valence-corrected chi connectivity index (χ1v) is 5.48. The predicted octanol–water partition coefficient (Wildman–Crippen LogP) is 1.43. The van der Waals surface area contributed by atoms with Crippen LogP contribution in [0, 0.1) is 0 Å². The zero-order chi connectivity index (χ0) is 12.1. The quantitative estimate of drug-likeness (QED) is 0.845. The highest BCUT2D eigenvalue weighted by atomic mass is 16.4. The molecule has 0 fully saturated rings. The van der Waals surface area contributed by atoms with E-state index in [0.29, 0.717) is 12.6 Å². The van der Waals surface area contributed by atoms with Gasteiger partial charge in [-0.25, -0.2) is 0 Å². The number of rotatable bonds is 5. The number of aromatic nitrogens is 2. The van der Waals surface area contributed by atoms with Gasteiger partial charge in [0.2, 0.25) is 0 Å². The minimum absolute atomic E-state index is 0.632. The largest absolute Gasteiger partial charge is 0.432 e. The van der Waals surface area contributed by atoms with E-state index >= 15 is 0 Å². The molecule has 17 heavy (non-hydrogen) atoms. The van der Waals surface area contributed by atoms with Crippen molar-refractivity contribution in [1.29, 1.82) is 0 Å². The lowest BCUT2D eigenvalue weighted by Crippen LogP contribution is -2.17. The lowest BCUT2D eigenvalue weighted by atomic mass is 10.2. The van der Waals surface area contributed by atoms with Crippen LogP contribution >= 0.6 is 0 Å². The second-order valence-corrected chi connectivity index (χ2v) is 3.86. The summed E-state index contributed by atoms with van der Waals surface area (Å²) in [4.78, 5) is 10.3. The zero-order valence-corrected chi connectivity index (χ0v) is 10.1. The lowest BCUT2D eigenvalue weighted by Gasteiger charge is -2.13. The number of hydrogen-bond acceptors (Lipinski definition) is 5. The normalized spacial score (nSPS) is 10.5. The first-order chi connectivity index (χ1) is 8.29. The third-order valence-corrected chi connectivity index (χ3v) is 2.39. The van der Waals surface area contributed by atoms with Crippen LogP contribution in [0.25, 0.3) is 0 Å². The third-order valence-electron chi connectivity index (χ3n) is 2.39. The van der Waals surface area contributed by atoms with Crippen molar-refractivity contribution in [1.82, 2.24) is 15.3 Å². The van der Waals surface area contributed by atoms with E-state index < -0.39 is 0 Å². The van der Waals surface area contributed by atoms with Gasteiger partial charge in [0.05, 0.1) is 5.69 Å². The second kappa shape index (κ2) is 5.45. The maximum Gasteiger partial charge on any atom is 0.297 e. The Bertz CT molecular complexity index is 455. The van der Waals surface area contributed by atoms with Gasteiger partial charge in [-0.2, -0.15) is 4.98 Å². The number of nitrogens with one attached hydrogen (secondary N) is 1. The molecule has 2 heterocycles. The maximum atomic E-state index is 5.41. The SMILES string of the molecule is CNCc1coc(N(C)Cc2ccncc2)n1. The van der Waals surface area contributed by atoms with E-state index in [2.05, 4.69) is 15.3 Å². The molecule has 0 saturated carbocycles. The molecule has 0 saturated heterocycles. The van der Waals surface area contributed by atoms with E-state index in [4.69, 9.17) is 4.42 Å². The molecule has 5 nitrogen and oxygen atoms in total. The molecule has 0 aliphatic heterocycles. The van der Waals surface area contributed by atoms with E-state index in [1.54, 1.807) is 18.7 Å². The topological polar surface area (TPSA) is 54.2 Å². The third kappa shape index (κ3) is 3.04. The van der Waals surface area contributed by atoms with Crippen molar-refractivity contribution in [3.05, 3.63) is 42.0 Å². The van der Waals surface area contributed by atoms with E-state index in [1.807, 2.05) is 31.1 Å². The fourth-order valence-electron chi connectivity index (χ4n) is 1.56. The molecule has 2 aromatic heterocycles. The average Bonchev–Trinajstić information content (AvgIpc) is 2.79. The molecule has 0 radical (unpaired) electrons. The Morgan fingerprint density at radius 1 is 1.35 bits per heavy atom. The minimum Gasteiger partial charge on any atom is -0.432 e. The van der Waals surface area contributed by atoms with Crippen molar-refractivity contribution >= 4 is 6.01 Å². The molecule has 0 amide bonds. The fraction of sp³-hybridized carbons (Fsp3) is 0.333. The van der Waals surface area contributed by atoms with Gasteiger partial charge in [0.25, 0.3) is 6.01 Å². The second-order valence-electron chi connectivity index (χ2n) is 3.86. The Hall–Kier alpha value is -1.88. The number of oxazole rings is 1. The summed E-state index contributed by atoms with van der Waals surface area (Å²) in [5.41, 5.74) is 2.08. The summed E-state index contributed by atoms with van der Waals surface area (Å²) in [7, 11) is 3.84. The molecule has 0 aliphatic rings. The van der Waals surface area contributed by atoms with Gasteiger partial charge in [-0.1, -0.05) is 0 Å². The van der Waals surface area contributed by atoms with Gasteiger partial charge in [-0.3, -0.25) is 4.98 Å². The number of hydrogen-bond donors (Lipinski definition) is 1. The molecular formula is C12H16N4O. The van der Waals surface area contributed by atoms with Crippen LogP contribution in [0.3, 0.4) is 0 Å². The van der Waals surface area contributed by atoms with Crippen LogP contribution in [0.1, 0.15) is 11.3 Å². The summed E-state index contributed by atoms with van der Waals surface area (Å²) >= 11 is 0. The molecule has 2 rings (SSSR count). The summed E-state index contributed by atoms with van der Waals surface area (Å²) < 4.78 is 5.41. The summed E-state index contributed by atoms with van der Waals surface area (Å²) in [5, 5.41) is 3.04. The molecule has 0 bridgehead atoms. The van der Waals surface area contributed by atoms with Crippen molar-refractivity contribution in [2.75, 3.05) is 19.0 Å². The molecule has 0 aliphatic carbocycles. The summed E-state index contributed by atoms with van der Waals surface area (Å²) in [6.07, 6.45) is 5.24. The van der Waals surface area contributed by atoms with Crippen LogP contribution in [-0.2, 0) is 13.1 Å². The zero-order valence-electron chi connectivity index (χ0n) is 10.1. The molecule has 0 spiro atoms. The first kappa shape index (κ1) is 11.6. The van der Waals surface area contributed by atoms with Crippen LogP contribution < -0.4 is 10.2 Å². The molecule has 0 aromatic carbocycles. The summed E-state index contributed by atoms with van der Waals surface area (Å²) in [6, 6.07) is 4.59. The van der Waals surface area contributed by atoms with E-state index in [9.17, 15) is 0 Å². The number of anilines is 1. The van der Waals surface area contributed by atoms with Crippen LogP contribution in [0.4, 0.5) is 6.01 Å². The maximum absolute atomic E-state index is 5.41. The Morgan fingerprint density at radius 3 is 2.82 bits per heavy atom. The first-order valence-electron chi connectivity index (χ1n) is 5.48. The van der Waals surface area contributed by atoms with Crippen LogP contribution in [-0.4, -0.2) is 24.1 Å². The predicted molar refractivity (Wildman–Crippen MR) is 65.6 cm³/mol. The lowest BCUT2D eigenvalue weighted by molar-refractivity contribution is 0.543. The highest BCUT2D eigenvalue weighted by Gasteiger charge is 2.08. The molecule has 90 valence electrons. The highest BCUT2D eigenvalue weighted by Crippen LogP contribution is 2.14. The standard InChI is InChI=1S/C12H16N4O/c1-13-7-11-9-17-12(15-11)16(2)8-10-3-5-14-6-4-10/h3-6,9,13H,7-8H2,1-2H3. The fourth-order valence-corrected chi connectivity index (χ4v) is 1.56. The Labute approximate surface area is 100 Å². The summed E-state index contributed by atoms with van der Waals surface area (Å²) in [5.74, 6) is 0. The monoisotopic (exact) mass is 232 g/mol. The highest BCUT2D eigenvalue weighted by molar-refractivity contribution is 5.28. The summed E-state index contributed by atoms with van der Waals surface area (Å²) in [6.45, 7) is 1.47. The van der Waals surface area contributed by atoms with Gasteiger partial charge in [0, 0.05) is 32.5 Å². The molecule has 0 atom stereocenters. The van der Waals surface area contributed by atoms with Crippen LogP contribution in [0.2, 0.25) is 0 Å². The Kier molecular flexibility index (Phi) is 3.72. The van der Waals surface area contributed by atoms with Gasteiger partial charge >= 0.3 is 0 Å². The van der Waals surface area contributed by atoms with Crippen molar-refractivity contribution in [3.63, 3.8) is 0 Å². The molecule has 0 unspecified atom stereocenters. The molecule has 1 N–H and O–H groups in total. The van der Waals surface area contributed by atoms with Crippen molar-refractivity contribution in [2.45, 2.75) is 13.1 Å². The number of nitrogens with zero attached hydrogens (tertiary/aromatic N) is 3. The van der Waals surface area contributed by atoms with Gasteiger partial charge in [-0.15, -0.1) is 0 Å². The van der Waals surface area contributed by atoms with Crippen LogP contribution in [0.15, 0.2) is 35.2 Å². The molecule has 2 aromatic rings. The smallest absolute Gasteiger partial charge is 0.297 e. The Morgan fingerprint density at radius 2 is 2.12 bits per heavy atom. The van der Waals surface area contributed by atoms with Gasteiger partial charge in [0.1, 0.15) is 6.26 Å². The molecule has 5 heteroatoms. The van der Waals surface area contributed by atoms with E-state index in [0.717, 1.165) is 12.2 Å². The van der Waals surface area contributed by atoms with E-state index in [1.165, 1.54) is 5.56 Å². The van der Waals surface area contributed by atoms with Crippen molar-refractivity contribution in [2.24, 2.45) is 0 Å². The minimum atomic E-state index is 0.632. The van der Waals surface area contributed by atoms with Crippen molar-refractivity contribution in [3.8, 4) is 0 Å². The van der Waals surface area contributed by atoms with Crippen molar-refractivity contribution < 1.29 is 4.42 Å². The van der Waals surface area contributed by atoms with Crippen LogP contribution in [0.5, 0.6) is 0 Å². The average molecular weight is 232 g/mol. The van der Waals surface area contributed by atoms with Gasteiger partial charge in [0.15, 0.2) is 0 Å². The Balaban J connectivity index is 2.01. The van der Waals surface area contributed by atoms with E-state index in [-0.39, 0.29) is 0 Å². The van der Waals surface area contributed by atoms with Gasteiger partial charge < -0.3 is 14.6 Å².